The second kappa shape index (κ2) is 8.76. The van der Waals surface area contributed by atoms with Crippen LogP contribution in [0.3, 0.4) is 0 Å². The van der Waals surface area contributed by atoms with Crippen LogP contribution in [0.25, 0.3) is 0 Å². The Labute approximate surface area is 136 Å². The molecule has 0 saturated heterocycles. The van der Waals surface area contributed by atoms with Gasteiger partial charge in [-0.15, -0.1) is 0 Å². The molecule has 0 radical (unpaired) electrons. The van der Waals surface area contributed by atoms with Gasteiger partial charge in [0.25, 0.3) is 0 Å². The summed E-state index contributed by atoms with van der Waals surface area (Å²) in [4.78, 5) is 0. The molecule has 3 nitrogen and oxygen atoms in total. The molecule has 0 bridgehead atoms. The van der Waals surface area contributed by atoms with Crippen LogP contribution in [0.4, 0.5) is 0 Å². The Morgan fingerprint density at radius 1 is 1.29 bits per heavy atom. The highest BCUT2D eigenvalue weighted by molar-refractivity contribution is 9.10. The number of ether oxygens (including phenoxy) is 1. The predicted molar refractivity (Wildman–Crippen MR) is 89.7 cm³/mol. The van der Waals surface area contributed by atoms with Gasteiger partial charge < -0.3 is 15.2 Å². The highest BCUT2D eigenvalue weighted by Crippen LogP contribution is 2.26. The first-order valence-corrected chi connectivity index (χ1v) is 8.78. The minimum Gasteiger partial charge on any atom is -0.491 e. The number of aliphatic hydroxyl groups excluding tert-OH is 1. The molecule has 21 heavy (non-hydrogen) atoms. The molecule has 1 aromatic carbocycles. The maximum Gasteiger partial charge on any atom is 0.119 e. The van der Waals surface area contributed by atoms with Gasteiger partial charge in [0, 0.05) is 17.1 Å². The highest BCUT2D eigenvalue weighted by atomic mass is 79.9. The molecule has 2 N–H and O–H groups in total. The zero-order chi connectivity index (χ0) is 15.1. The van der Waals surface area contributed by atoms with Crippen LogP contribution in [0.15, 0.2) is 28.7 Å². The van der Waals surface area contributed by atoms with Crippen molar-refractivity contribution in [1.82, 2.24) is 5.32 Å². The molecule has 4 heteroatoms. The van der Waals surface area contributed by atoms with Crippen LogP contribution in [0.5, 0.6) is 5.75 Å². The SMILES string of the molecule is CCC1CCCCC1NCC(O)COc1ccc(Br)cc1. The van der Waals surface area contributed by atoms with E-state index in [0.29, 0.717) is 19.2 Å². The molecule has 1 saturated carbocycles. The Bertz CT molecular complexity index is 410. The molecule has 3 unspecified atom stereocenters. The van der Waals surface area contributed by atoms with Gasteiger partial charge in [-0.05, 0) is 43.0 Å². The summed E-state index contributed by atoms with van der Waals surface area (Å²) < 4.78 is 6.63. The van der Waals surface area contributed by atoms with Crippen LogP contribution >= 0.6 is 15.9 Å². The number of nitrogens with one attached hydrogen (secondary N) is 1. The van der Waals surface area contributed by atoms with Crippen molar-refractivity contribution < 1.29 is 9.84 Å². The summed E-state index contributed by atoms with van der Waals surface area (Å²) >= 11 is 3.39. The van der Waals surface area contributed by atoms with Crippen LogP contribution in [-0.2, 0) is 0 Å². The van der Waals surface area contributed by atoms with E-state index in [1.54, 1.807) is 0 Å². The molecule has 0 aliphatic heterocycles. The summed E-state index contributed by atoms with van der Waals surface area (Å²) in [5, 5.41) is 13.6. The lowest BCUT2D eigenvalue weighted by atomic mass is 9.83. The largest absolute Gasteiger partial charge is 0.491 e. The fraction of sp³-hybridized carbons (Fsp3) is 0.647. The van der Waals surface area contributed by atoms with Crippen LogP contribution in [-0.4, -0.2) is 30.4 Å². The first kappa shape index (κ1) is 16.8. The molecular formula is C17H26BrNO2. The molecule has 1 aliphatic rings. The van der Waals surface area contributed by atoms with E-state index in [9.17, 15) is 5.11 Å². The maximum absolute atomic E-state index is 10.1. The topological polar surface area (TPSA) is 41.5 Å². The molecule has 118 valence electrons. The fourth-order valence-electron chi connectivity index (χ4n) is 3.03. The van der Waals surface area contributed by atoms with Gasteiger partial charge in [-0.3, -0.25) is 0 Å². The molecule has 3 atom stereocenters. The zero-order valence-electron chi connectivity index (χ0n) is 12.7. The number of hydrogen-bond acceptors (Lipinski definition) is 3. The molecule has 1 aromatic rings. The van der Waals surface area contributed by atoms with Gasteiger partial charge in [-0.1, -0.05) is 42.1 Å². The smallest absolute Gasteiger partial charge is 0.119 e. The molecule has 1 fully saturated rings. The van der Waals surface area contributed by atoms with Gasteiger partial charge in [-0.25, -0.2) is 0 Å². The Hall–Kier alpha value is -0.580. The number of rotatable bonds is 7. The van der Waals surface area contributed by atoms with E-state index in [0.717, 1.165) is 16.1 Å². The summed E-state index contributed by atoms with van der Waals surface area (Å²) in [5.74, 6) is 1.56. The quantitative estimate of drug-likeness (QED) is 0.782. The lowest BCUT2D eigenvalue weighted by molar-refractivity contribution is 0.0974. The van der Waals surface area contributed by atoms with Gasteiger partial charge >= 0.3 is 0 Å². The van der Waals surface area contributed by atoms with Crippen LogP contribution in [0.1, 0.15) is 39.0 Å². The first-order valence-electron chi connectivity index (χ1n) is 7.99. The van der Waals surface area contributed by atoms with E-state index in [-0.39, 0.29) is 0 Å². The lowest BCUT2D eigenvalue weighted by Crippen LogP contribution is -2.43. The standard InChI is InChI=1S/C17H26BrNO2/c1-2-13-5-3-4-6-17(13)19-11-15(20)12-21-16-9-7-14(18)8-10-16/h7-10,13,15,17,19-20H,2-6,11-12H2,1H3. The zero-order valence-corrected chi connectivity index (χ0v) is 14.3. The second-order valence-corrected chi connectivity index (χ2v) is 6.80. The number of aliphatic hydroxyl groups is 1. The van der Waals surface area contributed by atoms with Crippen molar-refractivity contribution in [2.24, 2.45) is 5.92 Å². The monoisotopic (exact) mass is 355 g/mol. The molecule has 0 amide bonds. The van der Waals surface area contributed by atoms with E-state index in [1.807, 2.05) is 24.3 Å². The Kier molecular flexibility index (Phi) is 7.00. The van der Waals surface area contributed by atoms with Gasteiger partial charge in [-0.2, -0.15) is 0 Å². The van der Waals surface area contributed by atoms with Crippen molar-refractivity contribution in [3.8, 4) is 5.75 Å². The third-order valence-electron chi connectivity index (χ3n) is 4.31. The van der Waals surface area contributed by atoms with Crippen LogP contribution in [0, 0.1) is 5.92 Å². The summed E-state index contributed by atoms with van der Waals surface area (Å²) in [6.07, 6.45) is 5.97. The molecule has 0 spiro atoms. The average molecular weight is 356 g/mol. The Morgan fingerprint density at radius 2 is 2.00 bits per heavy atom. The molecule has 1 aliphatic carbocycles. The molecular weight excluding hydrogens is 330 g/mol. The van der Waals surface area contributed by atoms with E-state index >= 15 is 0 Å². The van der Waals surface area contributed by atoms with Crippen LogP contribution < -0.4 is 10.1 Å². The minimum atomic E-state index is -0.465. The van der Waals surface area contributed by atoms with Gasteiger partial charge in [0.05, 0.1) is 0 Å². The summed E-state index contributed by atoms with van der Waals surface area (Å²) in [5.41, 5.74) is 0. The van der Waals surface area contributed by atoms with Crippen molar-refractivity contribution in [2.75, 3.05) is 13.2 Å². The highest BCUT2D eigenvalue weighted by Gasteiger charge is 2.23. The molecule has 2 rings (SSSR count). The van der Waals surface area contributed by atoms with Gasteiger partial charge in [0.1, 0.15) is 18.5 Å². The van der Waals surface area contributed by atoms with Crippen molar-refractivity contribution in [2.45, 2.75) is 51.2 Å². The number of halogens is 1. The second-order valence-electron chi connectivity index (χ2n) is 5.89. The average Bonchev–Trinajstić information content (AvgIpc) is 2.52. The molecule has 0 aromatic heterocycles. The van der Waals surface area contributed by atoms with E-state index in [1.165, 1.54) is 32.1 Å². The maximum atomic E-state index is 10.1. The van der Waals surface area contributed by atoms with E-state index in [2.05, 4.69) is 28.2 Å². The number of hydrogen-bond donors (Lipinski definition) is 2. The normalized spacial score (nSPS) is 23.8. The number of benzene rings is 1. The van der Waals surface area contributed by atoms with Crippen LogP contribution in [0.2, 0.25) is 0 Å². The van der Waals surface area contributed by atoms with Crippen molar-refractivity contribution in [3.05, 3.63) is 28.7 Å². The van der Waals surface area contributed by atoms with Crippen molar-refractivity contribution >= 4 is 15.9 Å². The third kappa shape index (κ3) is 5.61. The van der Waals surface area contributed by atoms with E-state index < -0.39 is 6.10 Å². The predicted octanol–water partition coefficient (Wildman–Crippen LogP) is 3.75. The first-order chi connectivity index (χ1) is 10.2. The van der Waals surface area contributed by atoms with E-state index in [4.69, 9.17) is 4.74 Å². The lowest BCUT2D eigenvalue weighted by Gasteiger charge is -2.32. The summed E-state index contributed by atoms with van der Waals surface area (Å²) in [6, 6.07) is 8.24. The van der Waals surface area contributed by atoms with Crippen molar-refractivity contribution in [3.63, 3.8) is 0 Å². The van der Waals surface area contributed by atoms with Gasteiger partial charge in [0.2, 0.25) is 0 Å². The Morgan fingerprint density at radius 3 is 2.71 bits per heavy atom. The summed E-state index contributed by atoms with van der Waals surface area (Å²) in [6.45, 7) is 3.20. The van der Waals surface area contributed by atoms with Crippen molar-refractivity contribution in [1.29, 1.82) is 0 Å². The minimum absolute atomic E-state index is 0.331. The summed E-state index contributed by atoms with van der Waals surface area (Å²) in [7, 11) is 0. The fourth-order valence-corrected chi connectivity index (χ4v) is 3.30. The van der Waals surface area contributed by atoms with Gasteiger partial charge in [0.15, 0.2) is 0 Å². The molecule has 0 heterocycles. The Balaban J connectivity index is 1.69. The third-order valence-corrected chi connectivity index (χ3v) is 4.83.